The molecule has 0 aromatic heterocycles. The SMILES string of the molecule is O=C(Cc1ccc(OCc2ccccc2)cc1)C(F)(F)F. The van der Waals surface area contributed by atoms with Crippen molar-refractivity contribution in [1.29, 1.82) is 0 Å². The molecule has 0 N–H and O–H groups in total. The molecule has 2 rings (SSSR count). The highest BCUT2D eigenvalue weighted by Crippen LogP contribution is 2.20. The predicted molar refractivity (Wildman–Crippen MR) is 72.0 cm³/mol. The number of carbonyl (C=O) groups excluding carboxylic acids is 1. The zero-order valence-electron chi connectivity index (χ0n) is 11.1. The first-order chi connectivity index (χ1) is 9.95. The Morgan fingerprint density at radius 3 is 2.10 bits per heavy atom. The predicted octanol–water partition coefficient (Wildman–Crippen LogP) is 3.94. The van der Waals surface area contributed by atoms with Crippen molar-refractivity contribution >= 4 is 5.78 Å². The van der Waals surface area contributed by atoms with E-state index in [9.17, 15) is 18.0 Å². The number of alkyl halides is 3. The summed E-state index contributed by atoms with van der Waals surface area (Å²) in [4.78, 5) is 10.9. The molecule has 0 heterocycles. The first kappa shape index (κ1) is 15.1. The Morgan fingerprint density at radius 2 is 1.52 bits per heavy atom. The summed E-state index contributed by atoms with van der Waals surface area (Å²) in [5.41, 5.74) is 1.30. The highest BCUT2D eigenvalue weighted by atomic mass is 19.4. The van der Waals surface area contributed by atoms with Crippen molar-refractivity contribution < 1.29 is 22.7 Å². The lowest BCUT2D eigenvalue weighted by Gasteiger charge is -2.08. The molecule has 0 amide bonds. The molecule has 21 heavy (non-hydrogen) atoms. The fourth-order valence-electron chi connectivity index (χ4n) is 1.73. The summed E-state index contributed by atoms with van der Waals surface area (Å²) < 4.78 is 42.0. The fourth-order valence-corrected chi connectivity index (χ4v) is 1.73. The minimum atomic E-state index is -4.79. The van der Waals surface area contributed by atoms with Crippen LogP contribution in [0.3, 0.4) is 0 Å². The van der Waals surface area contributed by atoms with Crippen molar-refractivity contribution in [2.24, 2.45) is 0 Å². The van der Waals surface area contributed by atoms with Gasteiger partial charge < -0.3 is 4.74 Å². The van der Waals surface area contributed by atoms with Gasteiger partial charge in [0.25, 0.3) is 0 Å². The molecule has 0 bridgehead atoms. The number of Topliss-reactive ketones (excluding diaryl/α,β-unsaturated/α-hetero) is 1. The van der Waals surface area contributed by atoms with Gasteiger partial charge in [0.2, 0.25) is 5.78 Å². The van der Waals surface area contributed by atoms with E-state index in [0.29, 0.717) is 17.9 Å². The molecule has 0 saturated heterocycles. The topological polar surface area (TPSA) is 26.3 Å². The monoisotopic (exact) mass is 294 g/mol. The number of benzene rings is 2. The van der Waals surface area contributed by atoms with Gasteiger partial charge in [-0.25, -0.2) is 0 Å². The standard InChI is InChI=1S/C16H13F3O2/c17-16(18,19)15(20)10-12-6-8-14(9-7-12)21-11-13-4-2-1-3-5-13/h1-9H,10-11H2. The van der Waals surface area contributed by atoms with E-state index in [0.717, 1.165) is 5.56 Å². The van der Waals surface area contributed by atoms with E-state index < -0.39 is 18.4 Å². The Kier molecular flexibility index (Phi) is 4.62. The van der Waals surface area contributed by atoms with E-state index in [2.05, 4.69) is 0 Å². The van der Waals surface area contributed by atoms with Crippen LogP contribution in [0.1, 0.15) is 11.1 Å². The van der Waals surface area contributed by atoms with Crippen molar-refractivity contribution in [3.05, 3.63) is 65.7 Å². The molecule has 0 aliphatic rings. The summed E-state index contributed by atoms with van der Waals surface area (Å²) in [5, 5.41) is 0. The molecule has 0 saturated carbocycles. The molecule has 0 fully saturated rings. The third-order valence-electron chi connectivity index (χ3n) is 2.85. The van der Waals surface area contributed by atoms with Crippen molar-refractivity contribution in [2.45, 2.75) is 19.2 Å². The van der Waals surface area contributed by atoms with Crippen LogP contribution in [0.15, 0.2) is 54.6 Å². The molecule has 2 aromatic carbocycles. The average molecular weight is 294 g/mol. The maximum absolute atomic E-state index is 12.1. The number of halogens is 3. The van der Waals surface area contributed by atoms with Crippen LogP contribution in [0.25, 0.3) is 0 Å². The van der Waals surface area contributed by atoms with Crippen LogP contribution in [0.5, 0.6) is 5.75 Å². The minimum Gasteiger partial charge on any atom is -0.489 e. The van der Waals surface area contributed by atoms with Gasteiger partial charge in [-0.3, -0.25) is 4.79 Å². The third kappa shape index (κ3) is 4.63. The summed E-state index contributed by atoms with van der Waals surface area (Å²) in [5.74, 6) is -1.21. The highest BCUT2D eigenvalue weighted by molar-refractivity contribution is 5.86. The van der Waals surface area contributed by atoms with E-state index in [1.54, 1.807) is 12.1 Å². The van der Waals surface area contributed by atoms with Crippen molar-refractivity contribution in [3.8, 4) is 5.75 Å². The van der Waals surface area contributed by atoms with E-state index in [-0.39, 0.29) is 0 Å². The first-order valence-corrected chi connectivity index (χ1v) is 6.31. The molecular weight excluding hydrogens is 281 g/mol. The summed E-state index contributed by atoms with van der Waals surface area (Å²) >= 11 is 0. The Balaban J connectivity index is 1.92. The average Bonchev–Trinajstić information content (AvgIpc) is 2.46. The smallest absolute Gasteiger partial charge is 0.450 e. The van der Waals surface area contributed by atoms with Crippen molar-refractivity contribution in [2.75, 3.05) is 0 Å². The number of carbonyl (C=O) groups is 1. The molecule has 2 nitrogen and oxygen atoms in total. The maximum atomic E-state index is 12.1. The summed E-state index contributed by atoms with van der Waals surface area (Å²) in [6.07, 6.45) is -5.44. The Morgan fingerprint density at radius 1 is 0.905 bits per heavy atom. The van der Waals surface area contributed by atoms with Crippen LogP contribution >= 0.6 is 0 Å². The molecule has 110 valence electrons. The van der Waals surface area contributed by atoms with Gasteiger partial charge in [0.1, 0.15) is 12.4 Å². The lowest BCUT2D eigenvalue weighted by Crippen LogP contribution is -2.24. The third-order valence-corrected chi connectivity index (χ3v) is 2.85. The molecular formula is C16H13F3O2. The van der Waals surface area contributed by atoms with Crippen LogP contribution in [-0.4, -0.2) is 12.0 Å². The van der Waals surface area contributed by atoms with Crippen LogP contribution in [-0.2, 0) is 17.8 Å². The number of hydrogen-bond acceptors (Lipinski definition) is 2. The second kappa shape index (κ2) is 6.43. The molecule has 0 unspecified atom stereocenters. The van der Waals surface area contributed by atoms with Gasteiger partial charge in [-0.1, -0.05) is 42.5 Å². The van der Waals surface area contributed by atoms with Crippen LogP contribution < -0.4 is 4.74 Å². The molecule has 0 aliphatic carbocycles. The maximum Gasteiger partial charge on any atom is 0.450 e. The van der Waals surface area contributed by atoms with Crippen LogP contribution in [0.2, 0.25) is 0 Å². The summed E-state index contributed by atoms with van der Waals surface area (Å²) in [7, 11) is 0. The van der Waals surface area contributed by atoms with Gasteiger partial charge in [0.05, 0.1) is 0 Å². The Bertz CT molecular complexity index is 589. The largest absolute Gasteiger partial charge is 0.489 e. The number of ether oxygens (including phenoxy) is 1. The van der Waals surface area contributed by atoms with Crippen molar-refractivity contribution in [1.82, 2.24) is 0 Å². The second-order valence-corrected chi connectivity index (χ2v) is 4.52. The molecule has 0 radical (unpaired) electrons. The number of hydrogen-bond donors (Lipinski definition) is 0. The van der Waals surface area contributed by atoms with Gasteiger partial charge >= 0.3 is 6.18 Å². The summed E-state index contributed by atoms with van der Waals surface area (Å²) in [6, 6.07) is 15.6. The highest BCUT2D eigenvalue weighted by Gasteiger charge is 2.37. The zero-order valence-corrected chi connectivity index (χ0v) is 11.1. The van der Waals surface area contributed by atoms with Crippen LogP contribution in [0.4, 0.5) is 13.2 Å². The lowest BCUT2D eigenvalue weighted by atomic mass is 10.1. The van der Waals surface area contributed by atoms with Gasteiger partial charge in [-0.05, 0) is 23.3 Å². The van der Waals surface area contributed by atoms with Gasteiger partial charge in [0.15, 0.2) is 0 Å². The minimum absolute atomic E-state index is 0.310. The van der Waals surface area contributed by atoms with Gasteiger partial charge in [0, 0.05) is 6.42 Å². The molecule has 0 aliphatic heterocycles. The van der Waals surface area contributed by atoms with E-state index in [1.807, 2.05) is 30.3 Å². The van der Waals surface area contributed by atoms with Crippen LogP contribution in [0, 0.1) is 0 Å². The molecule has 2 aromatic rings. The molecule has 0 atom stereocenters. The molecule has 0 spiro atoms. The van der Waals surface area contributed by atoms with E-state index in [1.165, 1.54) is 12.1 Å². The van der Waals surface area contributed by atoms with E-state index in [4.69, 9.17) is 4.74 Å². The number of ketones is 1. The molecule has 5 heteroatoms. The second-order valence-electron chi connectivity index (χ2n) is 4.52. The Hall–Kier alpha value is -2.30. The zero-order chi connectivity index (χ0) is 15.3. The Labute approximate surface area is 120 Å². The normalized spacial score (nSPS) is 11.2. The van der Waals surface area contributed by atoms with Gasteiger partial charge in [-0.2, -0.15) is 13.2 Å². The summed E-state index contributed by atoms with van der Waals surface area (Å²) in [6.45, 7) is 0.377. The fraction of sp³-hybridized carbons (Fsp3) is 0.188. The lowest BCUT2D eigenvalue weighted by molar-refractivity contribution is -0.170. The number of rotatable bonds is 5. The first-order valence-electron chi connectivity index (χ1n) is 6.31. The van der Waals surface area contributed by atoms with Crippen molar-refractivity contribution in [3.63, 3.8) is 0 Å². The van der Waals surface area contributed by atoms with Gasteiger partial charge in [-0.15, -0.1) is 0 Å². The van der Waals surface area contributed by atoms with E-state index >= 15 is 0 Å². The quantitative estimate of drug-likeness (QED) is 0.835.